The number of benzene rings is 2. The monoisotopic (exact) mass is 755 g/mol. The predicted molar refractivity (Wildman–Crippen MR) is 197 cm³/mol. The van der Waals surface area contributed by atoms with Crippen LogP contribution in [0.25, 0.3) is 0 Å². The van der Waals surface area contributed by atoms with E-state index in [-0.39, 0.29) is 48.6 Å². The Morgan fingerprint density at radius 1 is 1.00 bits per heavy atom. The fraction of sp³-hybridized carbons (Fsp3) is 0.306. The number of piperidine rings is 1. The number of thiazole rings is 1. The maximum absolute atomic E-state index is 13.4. The summed E-state index contributed by atoms with van der Waals surface area (Å²) < 4.78 is 0. The van der Waals surface area contributed by atoms with Crippen LogP contribution in [0.1, 0.15) is 66.6 Å². The molecule has 0 aliphatic carbocycles. The second kappa shape index (κ2) is 14.7. The van der Waals surface area contributed by atoms with Crippen molar-refractivity contribution in [2.45, 2.75) is 45.6 Å². The van der Waals surface area contributed by atoms with E-state index in [1.54, 1.807) is 42.2 Å². The summed E-state index contributed by atoms with van der Waals surface area (Å²) in [6.45, 7) is 5.60. The third kappa shape index (κ3) is 7.32. The highest BCUT2D eigenvalue weighted by molar-refractivity contribution is 7.17. The third-order valence-electron chi connectivity index (χ3n) is 9.37. The number of aromatic nitrogens is 3. The van der Waals surface area contributed by atoms with Crippen molar-refractivity contribution in [2.75, 3.05) is 41.7 Å². The molecule has 2 fully saturated rings. The number of fused-ring (bicyclic) bond motifs is 1. The van der Waals surface area contributed by atoms with Gasteiger partial charge in [0.05, 0.1) is 28.0 Å². The second-order valence-electron chi connectivity index (χ2n) is 12.9. The van der Waals surface area contributed by atoms with E-state index in [0.717, 1.165) is 10.5 Å². The maximum Gasteiger partial charge on any atom is 0.267 e. The van der Waals surface area contributed by atoms with Crippen LogP contribution in [0.4, 0.5) is 22.5 Å². The molecule has 53 heavy (non-hydrogen) atoms. The largest absolute Gasteiger partial charge is 0.353 e. The molecule has 1 unspecified atom stereocenters. The molecular weight excluding hydrogens is 722 g/mol. The maximum atomic E-state index is 13.4. The lowest BCUT2D eigenvalue weighted by Gasteiger charge is -2.35. The Balaban J connectivity index is 0.942. The number of hydrogen-bond acceptors (Lipinski definition) is 12. The van der Waals surface area contributed by atoms with Gasteiger partial charge in [-0.3, -0.25) is 39.0 Å². The van der Waals surface area contributed by atoms with Crippen LogP contribution in [0.2, 0.25) is 5.02 Å². The Morgan fingerprint density at radius 3 is 2.53 bits per heavy atom. The van der Waals surface area contributed by atoms with Gasteiger partial charge in [0.25, 0.3) is 17.7 Å². The van der Waals surface area contributed by atoms with Gasteiger partial charge in [-0.2, -0.15) is 0 Å². The molecule has 5 heterocycles. The van der Waals surface area contributed by atoms with Gasteiger partial charge in [0.2, 0.25) is 17.7 Å². The molecule has 272 valence electrons. The summed E-state index contributed by atoms with van der Waals surface area (Å²) in [5.74, 6) is -0.967. The summed E-state index contributed by atoms with van der Waals surface area (Å²) in [6, 6.07) is 11.1. The van der Waals surface area contributed by atoms with Crippen LogP contribution in [0.15, 0.2) is 48.7 Å². The molecule has 0 spiro atoms. The zero-order chi connectivity index (χ0) is 37.4. The fourth-order valence-corrected chi connectivity index (χ4v) is 7.66. The number of carbonyl (C=O) groups excluding carboxylic acids is 6. The van der Waals surface area contributed by atoms with E-state index in [4.69, 9.17) is 11.6 Å². The number of rotatable bonds is 9. The molecule has 0 saturated carbocycles. The normalized spacial score (nSPS) is 17.2. The first-order valence-corrected chi connectivity index (χ1v) is 18.2. The number of para-hydroxylation sites is 1. The van der Waals surface area contributed by atoms with Crippen molar-refractivity contribution in [3.63, 3.8) is 0 Å². The minimum Gasteiger partial charge on any atom is -0.353 e. The molecule has 7 rings (SSSR count). The van der Waals surface area contributed by atoms with Gasteiger partial charge in [0, 0.05) is 45.1 Å². The van der Waals surface area contributed by atoms with Gasteiger partial charge in [-0.05, 0) is 49.9 Å². The summed E-state index contributed by atoms with van der Waals surface area (Å²) in [6.07, 6.45) is 1.96. The summed E-state index contributed by atoms with van der Waals surface area (Å²) in [4.78, 5) is 95.5. The van der Waals surface area contributed by atoms with Crippen LogP contribution >= 0.6 is 22.9 Å². The van der Waals surface area contributed by atoms with E-state index in [1.807, 2.05) is 19.1 Å². The molecule has 1 atom stereocenters. The van der Waals surface area contributed by atoms with Crippen molar-refractivity contribution < 1.29 is 28.8 Å². The zero-order valence-electron chi connectivity index (χ0n) is 28.8. The van der Waals surface area contributed by atoms with Gasteiger partial charge in [0.15, 0.2) is 5.13 Å². The SMILES string of the molecule is Cc1nc(Nc2ncc(C(=O)Nc3c(C)cccc3Cl)s2)cc(N2CCN(C(=O)CCc3cccc4c3C(=O)N(C3CCC(=O)NC3=O)C4=O)CC2)n1. The highest BCUT2D eigenvalue weighted by Crippen LogP contribution is 2.32. The molecule has 15 nitrogen and oxygen atoms in total. The predicted octanol–water partition coefficient (Wildman–Crippen LogP) is 3.88. The van der Waals surface area contributed by atoms with Crippen LogP contribution in [-0.2, 0) is 20.8 Å². The molecule has 3 aliphatic rings. The number of anilines is 4. The Bertz CT molecular complexity index is 2160. The molecular formula is C36H34ClN9O6S. The number of halogens is 1. The smallest absolute Gasteiger partial charge is 0.267 e. The molecule has 2 aromatic heterocycles. The Labute approximate surface area is 312 Å². The van der Waals surface area contributed by atoms with Gasteiger partial charge in [-0.25, -0.2) is 15.0 Å². The first-order valence-electron chi connectivity index (χ1n) is 17.0. The van der Waals surface area contributed by atoms with Crippen LogP contribution < -0.4 is 20.9 Å². The van der Waals surface area contributed by atoms with Gasteiger partial charge in [-0.15, -0.1) is 0 Å². The quantitative estimate of drug-likeness (QED) is 0.211. The van der Waals surface area contributed by atoms with Gasteiger partial charge < -0.3 is 20.4 Å². The van der Waals surface area contributed by atoms with E-state index in [9.17, 15) is 28.8 Å². The lowest BCUT2D eigenvalue weighted by atomic mass is 9.98. The Kier molecular flexibility index (Phi) is 9.90. The fourth-order valence-electron chi connectivity index (χ4n) is 6.67. The standard InChI is InChI=1S/C36H34ClN9O6S/c1-19-5-3-8-23(37)31(19)43-33(50)25-18-38-36(53-25)41-26-17-27(40-20(2)39-26)44-13-15-45(16-14-44)29(48)12-9-21-6-4-7-22-30(21)35(52)46(34(22)51)24-10-11-28(47)42-32(24)49/h3-8,17-18,24H,9-16H2,1-2H3,(H,43,50)(H,42,47,49)(H,38,39,40,41). The van der Waals surface area contributed by atoms with E-state index in [0.29, 0.717) is 69.9 Å². The molecule has 3 aliphatic heterocycles. The van der Waals surface area contributed by atoms with E-state index in [2.05, 4.69) is 35.8 Å². The number of nitrogens with zero attached hydrogens (tertiary/aromatic N) is 6. The highest BCUT2D eigenvalue weighted by atomic mass is 35.5. The first kappa shape index (κ1) is 35.7. The summed E-state index contributed by atoms with van der Waals surface area (Å²) in [7, 11) is 0. The lowest BCUT2D eigenvalue weighted by molar-refractivity contribution is -0.136. The number of piperazine rings is 1. The topological polar surface area (TPSA) is 187 Å². The van der Waals surface area contributed by atoms with Crippen LogP contribution in [-0.4, -0.2) is 92.4 Å². The minimum atomic E-state index is -1.06. The average Bonchev–Trinajstić information content (AvgIpc) is 3.70. The molecule has 2 saturated heterocycles. The van der Waals surface area contributed by atoms with Crippen molar-refractivity contribution in [1.29, 1.82) is 0 Å². The molecule has 3 N–H and O–H groups in total. The van der Waals surface area contributed by atoms with Crippen LogP contribution in [0, 0.1) is 13.8 Å². The minimum absolute atomic E-state index is 0.0360. The Morgan fingerprint density at radius 2 is 1.77 bits per heavy atom. The van der Waals surface area contributed by atoms with Gasteiger partial charge in [0.1, 0.15) is 28.4 Å². The summed E-state index contributed by atoms with van der Waals surface area (Å²) in [5, 5.41) is 9.15. The number of amides is 6. The average molecular weight is 756 g/mol. The van der Waals surface area contributed by atoms with Crippen molar-refractivity contribution in [3.8, 4) is 0 Å². The lowest BCUT2D eigenvalue weighted by Crippen LogP contribution is -2.54. The second-order valence-corrected chi connectivity index (χ2v) is 14.3. The summed E-state index contributed by atoms with van der Waals surface area (Å²) >= 11 is 7.44. The number of imide groups is 2. The molecule has 17 heteroatoms. The molecule has 2 aromatic carbocycles. The van der Waals surface area contributed by atoms with Crippen molar-refractivity contribution in [2.24, 2.45) is 0 Å². The first-order chi connectivity index (χ1) is 25.5. The number of nitrogens with one attached hydrogen (secondary N) is 3. The number of carbonyl (C=O) groups is 6. The number of hydrogen-bond donors (Lipinski definition) is 3. The van der Waals surface area contributed by atoms with Crippen LogP contribution in [0.5, 0.6) is 0 Å². The molecule has 0 radical (unpaired) electrons. The van der Waals surface area contributed by atoms with Gasteiger partial charge >= 0.3 is 0 Å². The van der Waals surface area contributed by atoms with E-state index in [1.165, 1.54) is 17.5 Å². The number of aryl methyl sites for hydroxylation is 3. The van der Waals surface area contributed by atoms with Crippen molar-refractivity contribution >= 4 is 80.8 Å². The highest BCUT2D eigenvalue weighted by Gasteiger charge is 2.45. The molecule has 0 bridgehead atoms. The molecule has 4 aromatic rings. The van der Waals surface area contributed by atoms with E-state index < -0.39 is 29.7 Å². The molecule has 6 amide bonds. The van der Waals surface area contributed by atoms with E-state index >= 15 is 0 Å². The summed E-state index contributed by atoms with van der Waals surface area (Å²) in [5.41, 5.74) is 2.34. The van der Waals surface area contributed by atoms with Crippen molar-refractivity contribution in [3.05, 3.63) is 86.6 Å². The zero-order valence-corrected chi connectivity index (χ0v) is 30.3. The van der Waals surface area contributed by atoms with Gasteiger partial charge in [-0.1, -0.05) is 47.2 Å². The van der Waals surface area contributed by atoms with Crippen molar-refractivity contribution in [1.82, 2.24) is 30.1 Å². The Hall–Kier alpha value is -5.74. The third-order valence-corrected chi connectivity index (χ3v) is 10.6. The van der Waals surface area contributed by atoms with Crippen LogP contribution in [0.3, 0.4) is 0 Å².